The summed E-state index contributed by atoms with van der Waals surface area (Å²) in [6.07, 6.45) is 0. The number of carbonyl (C=O) groups is 1. The molecule has 3 rings (SSSR count). The van der Waals surface area contributed by atoms with Crippen molar-refractivity contribution in [3.8, 4) is 10.6 Å². The van der Waals surface area contributed by atoms with E-state index in [2.05, 4.69) is 20.0 Å². The van der Waals surface area contributed by atoms with Crippen LogP contribution in [0.2, 0.25) is 0 Å². The van der Waals surface area contributed by atoms with Crippen molar-refractivity contribution < 1.29 is 4.79 Å². The molecule has 0 bridgehead atoms. The molecule has 3 heterocycles. The van der Waals surface area contributed by atoms with Gasteiger partial charge < -0.3 is 5.32 Å². The fourth-order valence-corrected chi connectivity index (χ4v) is 3.16. The van der Waals surface area contributed by atoms with Crippen LogP contribution >= 0.6 is 22.9 Å². The molecule has 3 aromatic rings. The van der Waals surface area contributed by atoms with Crippen molar-refractivity contribution in [2.24, 2.45) is 7.05 Å². The highest BCUT2D eigenvalue weighted by atomic mass is 32.1. The van der Waals surface area contributed by atoms with E-state index in [0.29, 0.717) is 17.1 Å². The summed E-state index contributed by atoms with van der Waals surface area (Å²) in [5.41, 5.74) is 2.52. The van der Waals surface area contributed by atoms with E-state index in [1.165, 1.54) is 0 Å². The topological polar surface area (TPSA) is 72.7 Å². The van der Waals surface area contributed by atoms with Crippen LogP contribution in [0.4, 0.5) is 0 Å². The number of nitrogens with zero attached hydrogens (tertiary/aromatic N) is 4. The van der Waals surface area contributed by atoms with Crippen LogP contribution in [0.1, 0.15) is 21.1 Å². The van der Waals surface area contributed by atoms with Crippen molar-refractivity contribution in [3.63, 3.8) is 0 Å². The molecule has 8 heteroatoms. The molecule has 0 saturated carbocycles. The second-order valence-corrected chi connectivity index (χ2v) is 6.19. The smallest absolute Gasteiger partial charge is 0.265 e. The standard InChI is InChI=1S/C13H13N5OS2/c1-8-12(21-17-15-8)13(19)14-7-9-6-10(16-18(9)2)11-4-3-5-20-11/h3-6H,7H2,1-2H3,(H,14,19). The van der Waals surface area contributed by atoms with Crippen LogP contribution in [0.25, 0.3) is 10.6 Å². The minimum absolute atomic E-state index is 0.152. The Morgan fingerprint density at radius 2 is 2.33 bits per heavy atom. The van der Waals surface area contributed by atoms with Crippen LogP contribution in [0.15, 0.2) is 23.6 Å². The summed E-state index contributed by atoms with van der Waals surface area (Å²) in [4.78, 5) is 13.7. The van der Waals surface area contributed by atoms with Crippen molar-refractivity contribution in [1.29, 1.82) is 0 Å². The molecule has 0 spiro atoms. The lowest BCUT2D eigenvalue weighted by Gasteiger charge is -2.03. The number of hydrogen-bond donors (Lipinski definition) is 1. The lowest BCUT2D eigenvalue weighted by atomic mass is 10.3. The molecule has 108 valence electrons. The maximum Gasteiger partial charge on any atom is 0.265 e. The molecule has 0 aliphatic rings. The number of carbonyl (C=O) groups excluding carboxylic acids is 1. The maximum atomic E-state index is 12.0. The monoisotopic (exact) mass is 319 g/mol. The van der Waals surface area contributed by atoms with Crippen LogP contribution in [-0.2, 0) is 13.6 Å². The second-order valence-electron chi connectivity index (χ2n) is 4.49. The van der Waals surface area contributed by atoms with Gasteiger partial charge in [0.15, 0.2) is 0 Å². The molecular weight excluding hydrogens is 306 g/mol. The van der Waals surface area contributed by atoms with E-state index in [1.807, 2.05) is 30.6 Å². The van der Waals surface area contributed by atoms with Gasteiger partial charge in [0.05, 0.1) is 22.8 Å². The lowest BCUT2D eigenvalue weighted by Crippen LogP contribution is -2.23. The van der Waals surface area contributed by atoms with E-state index in [1.54, 1.807) is 22.9 Å². The molecule has 1 N–H and O–H groups in total. The molecule has 0 fully saturated rings. The molecule has 21 heavy (non-hydrogen) atoms. The van der Waals surface area contributed by atoms with Crippen LogP contribution in [0.5, 0.6) is 0 Å². The highest BCUT2D eigenvalue weighted by Gasteiger charge is 2.14. The fraction of sp³-hybridized carbons (Fsp3) is 0.231. The number of aromatic nitrogens is 4. The maximum absolute atomic E-state index is 12.0. The summed E-state index contributed by atoms with van der Waals surface area (Å²) in [5.74, 6) is -0.152. The van der Waals surface area contributed by atoms with Crippen molar-refractivity contribution in [3.05, 3.63) is 39.8 Å². The first kappa shape index (κ1) is 13.9. The molecule has 0 saturated heterocycles. The zero-order valence-electron chi connectivity index (χ0n) is 11.5. The quantitative estimate of drug-likeness (QED) is 0.800. The molecule has 1 amide bonds. The van der Waals surface area contributed by atoms with E-state index in [4.69, 9.17) is 0 Å². The minimum Gasteiger partial charge on any atom is -0.346 e. The van der Waals surface area contributed by atoms with E-state index >= 15 is 0 Å². The number of nitrogens with one attached hydrogen (secondary N) is 1. The molecule has 0 aliphatic heterocycles. The summed E-state index contributed by atoms with van der Waals surface area (Å²) < 4.78 is 5.55. The number of thiophene rings is 1. The van der Waals surface area contributed by atoms with Crippen molar-refractivity contribution in [1.82, 2.24) is 24.7 Å². The highest BCUT2D eigenvalue weighted by Crippen LogP contribution is 2.23. The third-order valence-electron chi connectivity index (χ3n) is 3.04. The average molecular weight is 319 g/mol. The normalized spacial score (nSPS) is 10.8. The predicted octanol–water partition coefficient (Wildman–Crippen LogP) is 2.24. The van der Waals surface area contributed by atoms with Gasteiger partial charge in [0.1, 0.15) is 10.6 Å². The predicted molar refractivity (Wildman–Crippen MR) is 82.3 cm³/mol. The van der Waals surface area contributed by atoms with Crippen LogP contribution in [0, 0.1) is 6.92 Å². The minimum atomic E-state index is -0.152. The summed E-state index contributed by atoms with van der Waals surface area (Å²) in [6.45, 7) is 2.20. The van der Waals surface area contributed by atoms with Crippen molar-refractivity contribution >= 4 is 28.8 Å². The molecule has 0 aliphatic carbocycles. The number of aryl methyl sites for hydroxylation is 2. The zero-order valence-corrected chi connectivity index (χ0v) is 13.2. The Hall–Kier alpha value is -2.06. The molecule has 0 atom stereocenters. The SMILES string of the molecule is Cc1nnsc1C(=O)NCc1cc(-c2cccs2)nn1C. The summed E-state index contributed by atoms with van der Waals surface area (Å²) in [5, 5.41) is 13.2. The molecule has 3 aromatic heterocycles. The first-order valence-electron chi connectivity index (χ1n) is 6.29. The lowest BCUT2D eigenvalue weighted by molar-refractivity contribution is 0.0953. The van der Waals surface area contributed by atoms with E-state index in [9.17, 15) is 4.79 Å². The number of amides is 1. The molecule has 0 aromatic carbocycles. The third kappa shape index (κ3) is 2.86. The second kappa shape index (κ2) is 5.74. The van der Waals surface area contributed by atoms with Gasteiger partial charge in [0, 0.05) is 7.05 Å². The van der Waals surface area contributed by atoms with Crippen LogP contribution in [0.3, 0.4) is 0 Å². The highest BCUT2D eigenvalue weighted by molar-refractivity contribution is 7.13. The zero-order chi connectivity index (χ0) is 14.8. The van der Waals surface area contributed by atoms with Gasteiger partial charge in [-0.2, -0.15) is 5.10 Å². The Balaban J connectivity index is 1.71. The Labute approximate surface area is 129 Å². The third-order valence-corrected chi connectivity index (χ3v) is 4.76. The van der Waals surface area contributed by atoms with Gasteiger partial charge in [-0.25, -0.2) is 0 Å². The van der Waals surface area contributed by atoms with Gasteiger partial charge in [-0.3, -0.25) is 9.48 Å². The molecule has 0 radical (unpaired) electrons. The van der Waals surface area contributed by atoms with E-state index < -0.39 is 0 Å². The van der Waals surface area contributed by atoms with Gasteiger partial charge in [-0.05, 0) is 36.0 Å². The summed E-state index contributed by atoms with van der Waals surface area (Å²) in [6, 6.07) is 6.02. The molecular formula is C13H13N5OS2. The van der Waals surface area contributed by atoms with Crippen LogP contribution < -0.4 is 5.32 Å². The number of hydrogen-bond acceptors (Lipinski definition) is 6. The summed E-state index contributed by atoms with van der Waals surface area (Å²) >= 11 is 2.75. The van der Waals surface area contributed by atoms with Gasteiger partial charge in [-0.15, -0.1) is 16.4 Å². The average Bonchev–Trinajstić information content (AvgIpc) is 3.16. The van der Waals surface area contributed by atoms with Gasteiger partial charge in [0.25, 0.3) is 5.91 Å². The van der Waals surface area contributed by atoms with Gasteiger partial charge in [0.2, 0.25) is 0 Å². The Bertz CT molecular complexity index is 759. The first-order chi connectivity index (χ1) is 10.1. The number of rotatable bonds is 4. The summed E-state index contributed by atoms with van der Waals surface area (Å²) in [7, 11) is 1.87. The van der Waals surface area contributed by atoms with E-state index in [-0.39, 0.29) is 5.91 Å². The van der Waals surface area contributed by atoms with E-state index in [0.717, 1.165) is 27.8 Å². The van der Waals surface area contributed by atoms with Gasteiger partial charge >= 0.3 is 0 Å². The van der Waals surface area contributed by atoms with Crippen molar-refractivity contribution in [2.45, 2.75) is 13.5 Å². The molecule has 0 unspecified atom stereocenters. The largest absolute Gasteiger partial charge is 0.346 e. The van der Waals surface area contributed by atoms with Crippen LogP contribution in [-0.4, -0.2) is 25.3 Å². The first-order valence-corrected chi connectivity index (χ1v) is 7.94. The van der Waals surface area contributed by atoms with Gasteiger partial charge in [-0.1, -0.05) is 10.6 Å². The molecule has 6 nitrogen and oxygen atoms in total. The Kier molecular flexibility index (Phi) is 3.80. The Morgan fingerprint density at radius 1 is 1.48 bits per heavy atom. The fourth-order valence-electron chi connectivity index (χ4n) is 1.91. The Morgan fingerprint density at radius 3 is 3.00 bits per heavy atom. The van der Waals surface area contributed by atoms with Crippen molar-refractivity contribution in [2.75, 3.05) is 0 Å².